The second kappa shape index (κ2) is 13.1. The van der Waals surface area contributed by atoms with Crippen LogP contribution in [0.1, 0.15) is 31.2 Å². The van der Waals surface area contributed by atoms with Gasteiger partial charge in [-0.05, 0) is 67.3 Å². The molecule has 1 atom stereocenters. The molecular weight excluding hydrogens is 602 g/mol. The lowest BCUT2D eigenvalue weighted by Gasteiger charge is -2.40. The van der Waals surface area contributed by atoms with Crippen LogP contribution in [0.5, 0.6) is 0 Å². The van der Waals surface area contributed by atoms with E-state index in [1.807, 2.05) is 36.4 Å². The quantitative estimate of drug-likeness (QED) is 0.377. The number of para-hydroxylation sites is 2. The number of anilines is 2. The first-order valence-corrected chi connectivity index (χ1v) is 17.9. The molecule has 4 fully saturated rings. The van der Waals surface area contributed by atoms with Crippen LogP contribution in [0.25, 0.3) is 0 Å². The first-order valence-electron chi connectivity index (χ1n) is 15.7. The maximum absolute atomic E-state index is 13.8. The summed E-state index contributed by atoms with van der Waals surface area (Å²) in [5.74, 6) is 1.02. The van der Waals surface area contributed by atoms with Crippen LogP contribution in [0.4, 0.5) is 16.2 Å². The fourth-order valence-corrected chi connectivity index (χ4v) is 7.19. The third-order valence-corrected chi connectivity index (χ3v) is 10.4. The Morgan fingerprint density at radius 1 is 0.977 bits per heavy atom. The highest BCUT2D eigenvalue weighted by molar-refractivity contribution is 7.92. The van der Waals surface area contributed by atoms with Crippen LogP contribution in [0, 0.1) is 11.8 Å². The number of nitrogens with zero attached hydrogens (tertiary/aromatic N) is 4. The van der Waals surface area contributed by atoms with Crippen molar-refractivity contribution in [2.45, 2.75) is 44.2 Å². The smallest absolute Gasteiger partial charge is 0.408 e. The van der Waals surface area contributed by atoms with Crippen molar-refractivity contribution in [1.82, 2.24) is 15.1 Å². The van der Waals surface area contributed by atoms with E-state index in [4.69, 9.17) is 16.3 Å². The van der Waals surface area contributed by atoms with Gasteiger partial charge < -0.3 is 19.9 Å². The Hall–Kier alpha value is -3.02. The molecule has 2 saturated carbocycles. The average molecular weight is 644 g/mol. The second-order valence-corrected chi connectivity index (χ2v) is 15.1. The Morgan fingerprint density at radius 2 is 1.64 bits per heavy atom. The van der Waals surface area contributed by atoms with Crippen LogP contribution in [-0.2, 0) is 26.0 Å². The van der Waals surface area contributed by atoms with E-state index in [-0.39, 0.29) is 12.0 Å². The summed E-state index contributed by atoms with van der Waals surface area (Å²) in [4.78, 5) is 33.0. The molecule has 1 unspecified atom stereocenters. The van der Waals surface area contributed by atoms with Crippen molar-refractivity contribution < 1.29 is 22.7 Å². The van der Waals surface area contributed by atoms with Gasteiger partial charge >= 0.3 is 6.09 Å². The largest absolute Gasteiger partial charge is 0.443 e. The highest BCUT2D eigenvalue weighted by Crippen LogP contribution is 2.37. The maximum Gasteiger partial charge on any atom is 0.408 e. The number of hydrogen-bond acceptors (Lipinski definition) is 7. The van der Waals surface area contributed by atoms with E-state index in [2.05, 4.69) is 15.1 Å². The van der Waals surface area contributed by atoms with Crippen LogP contribution in [0.3, 0.4) is 0 Å². The van der Waals surface area contributed by atoms with Crippen molar-refractivity contribution in [3.63, 3.8) is 0 Å². The number of piperazine rings is 1. The zero-order valence-electron chi connectivity index (χ0n) is 25.2. The molecule has 6 rings (SSSR count). The highest BCUT2D eigenvalue weighted by Gasteiger charge is 2.36. The van der Waals surface area contributed by atoms with Crippen LogP contribution in [-0.4, -0.2) is 101 Å². The first kappa shape index (κ1) is 31.0. The Balaban J connectivity index is 1.09. The van der Waals surface area contributed by atoms with Gasteiger partial charge in [0.25, 0.3) is 0 Å². The normalized spacial score (nSPS) is 20.1. The Kier molecular flexibility index (Phi) is 9.26. The molecule has 238 valence electrons. The molecular formula is C32H42ClN5O5S. The van der Waals surface area contributed by atoms with Gasteiger partial charge in [-0.2, -0.15) is 0 Å². The predicted octanol–water partition coefficient (Wildman–Crippen LogP) is 3.60. The third-order valence-electron chi connectivity index (χ3n) is 8.96. The summed E-state index contributed by atoms with van der Waals surface area (Å²) in [5.41, 5.74) is 2.41. The molecule has 0 radical (unpaired) electrons. The molecule has 2 amide bonds. The molecule has 2 aromatic rings. The lowest BCUT2D eigenvalue weighted by atomic mass is 10.0. The van der Waals surface area contributed by atoms with E-state index in [1.165, 1.54) is 23.4 Å². The van der Waals surface area contributed by atoms with Gasteiger partial charge in [0.2, 0.25) is 15.9 Å². The lowest BCUT2D eigenvalue weighted by Crippen LogP contribution is -2.58. The molecule has 2 aromatic carbocycles. The summed E-state index contributed by atoms with van der Waals surface area (Å²) in [6.07, 6.45) is 5.52. The zero-order valence-corrected chi connectivity index (χ0v) is 26.8. The van der Waals surface area contributed by atoms with Crippen molar-refractivity contribution in [2.75, 3.05) is 67.8 Å². The van der Waals surface area contributed by atoms with E-state index in [0.29, 0.717) is 55.8 Å². The minimum Gasteiger partial charge on any atom is -0.443 e. The summed E-state index contributed by atoms with van der Waals surface area (Å²) >= 11 is 6.08. The van der Waals surface area contributed by atoms with Crippen LogP contribution < -0.4 is 14.5 Å². The Labute approximate surface area is 265 Å². The Bertz CT molecular complexity index is 1440. The molecule has 2 heterocycles. The second-order valence-electron chi connectivity index (χ2n) is 12.8. The van der Waals surface area contributed by atoms with Gasteiger partial charge in [-0.25, -0.2) is 13.2 Å². The van der Waals surface area contributed by atoms with Crippen molar-refractivity contribution in [3.05, 3.63) is 59.1 Å². The number of nitrogens with one attached hydrogen (secondary N) is 1. The molecule has 12 heteroatoms. The number of carbonyl (C=O) groups excluding carboxylic acids is 2. The fourth-order valence-electron chi connectivity index (χ4n) is 6.07. The summed E-state index contributed by atoms with van der Waals surface area (Å²) in [6, 6.07) is 14.1. The fraction of sp³-hybridized carbons (Fsp3) is 0.562. The molecule has 44 heavy (non-hydrogen) atoms. The van der Waals surface area contributed by atoms with E-state index >= 15 is 0 Å². The standard InChI is InChI=1S/C32H42ClN5O5S/c1-44(41,42)38(20-25-8-9-25)30-5-3-2-4-29(30)36-14-16-37(17-15-36)31(39)28(18-23-10-12-26(33)13-11-23)34-32(40)43-27-21-35(22-27)19-24-6-7-24/h2-5,10-13,24-25,27-28H,6-9,14-22H2,1H3,(H,34,40). The number of amides is 2. The van der Waals surface area contributed by atoms with Gasteiger partial charge in [0, 0.05) is 63.8 Å². The maximum atomic E-state index is 13.8. The van der Waals surface area contributed by atoms with E-state index in [9.17, 15) is 18.0 Å². The summed E-state index contributed by atoms with van der Waals surface area (Å²) in [7, 11) is -3.45. The number of hydrogen-bond donors (Lipinski definition) is 1. The summed E-state index contributed by atoms with van der Waals surface area (Å²) in [6.45, 7) is 5.01. The average Bonchev–Trinajstić information content (AvgIpc) is 3.91. The zero-order chi connectivity index (χ0) is 30.8. The topological polar surface area (TPSA) is 102 Å². The minimum atomic E-state index is -3.45. The molecule has 0 bridgehead atoms. The van der Waals surface area contributed by atoms with E-state index in [0.717, 1.165) is 49.6 Å². The van der Waals surface area contributed by atoms with Gasteiger partial charge in [-0.1, -0.05) is 35.9 Å². The van der Waals surface area contributed by atoms with Crippen LogP contribution in [0.2, 0.25) is 5.02 Å². The molecule has 2 aliphatic heterocycles. The number of alkyl carbamates (subject to hydrolysis) is 1. The van der Waals surface area contributed by atoms with Crippen molar-refractivity contribution >= 4 is 45.0 Å². The van der Waals surface area contributed by atoms with Gasteiger partial charge in [0.15, 0.2) is 0 Å². The molecule has 10 nitrogen and oxygen atoms in total. The van der Waals surface area contributed by atoms with E-state index in [1.54, 1.807) is 17.0 Å². The van der Waals surface area contributed by atoms with Crippen molar-refractivity contribution in [1.29, 1.82) is 0 Å². The summed E-state index contributed by atoms with van der Waals surface area (Å²) < 4.78 is 32.7. The molecule has 4 aliphatic rings. The monoisotopic (exact) mass is 643 g/mol. The number of likely N-dealkylation sites (tertiary alicyclic amines) is 1. The number of ether oxygens (including phenoxy) is 1. The van der Waals surface area contributed by atoms with Gasteiger partial charge in [-0.3, -0.25) is 14.0 Å². The number of halogens is 1. The summed E-state index contributed by atoms with van der Waals surface area (Å²) in [5, 5.41) is 3.47. The molecule has 2 aliphatic carbocycles. The first-order chi connectivity index (χ1) is 21.1. The highest BCUT2D eigenvalue weighted by atomic mass is 35.5. The lowest BCUT2D eigenvalue weighted by molar-refractivity contribution is -0.133. The molecule has 0 aromatic heterocycles. The van der Waals surface area contributed by atoms with Gasteiger partial charge in [0.1, 0.15) is 12.1 Å². The number of sulfonamides is 1. The van der Waals surface area contributed by atoms with Crippen molar-refractivity contribution in [3.8, 4) is 0 Å². The predicted molar refractivity (Wildman–Crippen MR) is 172 cm³/mol. The van der Waals surface area contributed by atoms with Crippen molar-refractivity contribution in [2.24, 2.45) is 11.8 Å². The molecule has 2 saturated heterocycles. The third kappa shape index (κ3) is 7.97. The molecule has 1 N–H and O–H groups in total. The van der Waals surface area contributed by atoms with Gasteiger partial charge in [0.05, 0.1) is 17.6 Å². The minimum absolute atomic E-state index is 0.157. The van der Waals surface area contributed by atoms with E-state index < -0.39 is 22.2 Å². The Morgan fingerprint density at radius 3 is 2.27 bits per heavy atom. The SMILES string of the molecule is CS(=O)(=O)N(CC1CC1)c1ccccc1N1CCN(C(=O)C(Cc2ccc(Cl)cc2)NC(=O)OC2CN(CC3CC3)C2)CC1. The number of benzene rings is 2. The van der Waals surface area contributed by atoms with Gasteiger partial charge in [-0.15, -0.1) is 0 Å². The van der Waals surface area contributed by atoms with Crippen LogP contribution >= 0.6 is 11.6 Å². The number of carbonyl (C=O) groups is 2. The number of rotatable bonds is 12. The molecule has 0 spiro atoms. The van der Waals surface area contributed by atoms with Crippen LogP contribution in [0.15, 0.2) is 48.5 Å².